The van der Waals surface area contributed by atoms with Gasteiger partial charge in [0.15, 0.2) is 5.78 Å². The van der Waals surface area contributed by atoms with Crippen LogP contribution in [0, 0.1) is 0 Å². The summed E-state index contributed by atoms with van der Waals surface area (Å²) in [6.45, 7) is 6.12. The number of esters is 1. The Morgan fingerprint density at radius 3 is 2.49 bits per heavy atom. The van der Waals surface area contributed by atoms with Crippen molar-refractivity contribution in [3.63, 3.8) is 0 Å². The molecular weight excluding hydrogens is 500 g/mol. The van der Waals surface area contributed by atoms with E-state index >= 15 is 0 Å². The van der Waals surface area contributed by atoms with Crippen molar-refractivity contribution in [3.8, 4) is 6.01 Å². The summed E-state index contributed by atoms with van der Waals surface area (Å²) in [6.07, 6.45) is 10.2. The smallest absolute Gasteiger partial charge is 0.416 e. The van der Waals surface area contributed by atoms with Gasteiger partial charge < -0.3 is 14.2 Å². The fourth-order valence-corrected chi connectivity index (χ4v) is 4.26. The molecule has 0 bridgehead atoms. The Morgan fingerprint density at radius 2 is 1.82 bits per heavy atom. The Kier molecular flexibility index (Phi) is 10.5. The fourth-order valence-electron chi connectivity index (χ4n) is 4.26. The summed E-state index contributed by atoms with van der Waals surface area (Å²) in [6, 6.07) is 4.22. The molecule has 1 aliphatic heterocycles. The molecule has 0 radical (unpaired) electrons. The van der Waals surface area contributed by atoms with E-state index < -0.39 is 17.5 Å². The first-order chi connectivity index (χ1) is 18.6. The van der Waals surface area contributed by atoms with Crippen LogP contribution in [0.5, 0.6) is 6.01 Å². The quantitative estimate of drug-likeness (QED) is 0.311. The summed E-state index contributed by atoms with van der Waals surface area (Å²) in [4.78, 5) is 52.1. The predicted molar refractivity (Wildman–Crippen MR) is 146 cm³/mol. The van der Waals surface area contributed by atoms with E-state index in [0.717, 1.165) is 30.5 Å². The Morgan fingerprint density at radius 1 is 1.08 bits per heavy atom. The Hall–Kier alpha value is -3.82. The highest BCUT2D eigenvalue weighted by Gasteiger charge is 2.27. The van der Waals surface area contributed by atoms with Gasteiger partial charge in [-0.2, -0.15) is 0 Å². The SMILES string of the molecule is COC(=O)C[C@H](CC(=O)C=CCCc1ccc2c(n1)N(C(=O)OC(C)(C)C)CCCC2)c1cnc(OC)nc1. The predicted octanol–water partition coefficient (Wildman–Crippen LogP) is 4.75. The second-order valence-corrected chi connectivity index (χ2v) is 10.5. The van der Waals surface area contributed by atoms with Crippen LogP contribution in [0.25, 0.3) is 0 Å². The molecular formula is C29H38N4O6. The number of nitrogens with zero attached hydrogens (tertiary/aromatic N) is 4. The van der Waals surface area contributed by atoms with Gasteiger partial charge in [-0.15, -0.1) is 0 Å². The number of fused-ring (bicyclic) bond motifs is 1. The number of hydrogen-bond acceptors (Lipinski definition) is 9. The molecule has 0 fully saturated rings. The van der Waals surface area contributed by atoms with Gasteiger partial charge >= 0.3 is 18.1 Å². The van der Waals surface area contributed by atoms with Crippen molar-refractivity contribution in [2.24, 2.45) is 0 Å². The highest BCUT2D eigenvalue weighted by molar-refractivity contribution is 5.90. The van der Waals surface area contributed by atoms with Crippen LogP contribution in [0.15, 0.2) is 36.7 Å². The highest BCUT2D eigenvalue weighted by Crippen LogP contribution is 2.27. The van der Waals surface area contributed by atoms with Crippen molar-refractivity contribution in [1.82, 2.24) is 15.0 Å². The van der Waals surface area contributed by atoms with E-state index in [2.05, 4.69) is 9.97 Å². The number of pyridine rings is 1. The number of amides is 1. The van der Waals surface area contributed by atoms with Gasteiger partial charge in [0.05, 0.1) is 20.6 Å². The van der Waals surface area contributed by atoms with E-state index in [1.54, 1.807) is 23.4 Å². The van der Waals surface area contributed by atoms with Crippen LogP contribution < -0.4 is 9.64 Å². The number of carbonyl (C=O) groups is 3. The third-order valence-corrected chi connectivity index (χ3v) is 6.22. The number of rotatable bonds is 10. The van der Waals surface area contributed by atoms with Gasteiger partial charge in [0.1, 0.15) is 11.4 Å². The maximum absolute atomic E-state index is 12.9. The largest absolute Gasteiger partial charge is 0.469 e. The first-order valence-electron chi connectivity index (χ1n) is 13.2. The average Bonchev–Trinajstić information content (AvgIpc) is 3.12. The number of ketones is 1. The molecule has 2 aromatic rings. The van der Waals surface area contributed by atoms with Crippen molar-refractivity contribution in [2.75, 3.05) is 25.7 Å². The third-order valence-electron chi connectivity index (χ3n) is 6.22. The molecule has 10 nitrogen and oxygen atoms in total. The van der Waals surface area contributed by atoms with Crippen LogP contribution in [0.1, 0.15) is 75.6 Å². The number of ether oxygens (including phenoxy) is 3. The van der Waals surface area contributed by atoms with Crippen LogP contribution in [0.2, 0.25) is 0 Å². The van der Waals surface area contributed by atoms with Crippen LogP contribution in [0.4, 0.5) is 10.6 Å². The van der Waals surface area contributed by atoms with Gasteiger partial charge in [0.25, 0.3) is 0 Å². The summed E-state index contributed by atoms with van der Waals surface area (Å²) >= 11 is 0. The molecule has 2 aromatic heterocycles. The van der Waals surface area contributed by atoms with E-state index in [1.165, 1.54) is 20.3 Å². The van der Waals surface area contributed by atoms with Crippen LogP contribution in [0.3, 0.4) is 0 Å². The minimum atomic E-state index is -0.589. The average molecular weight is 539 g/mol. The summed E-state index contributed by atoms with van der Waals surface area (Å²) < 4.78 is 15.4. The van der Waals surface area contributed by atoms with E-state index in [4.69, 9.17) is 19.2 Å². The molecule has 0 aliphatic carbocycles. The third kappa shape index (κ3) is 9.15. The number of allylic oxidation sites excluding steroid dienone is 2. The maximum atomic E-state index is 12.9. The first-order valence-corrected chi connectivity index (χ1v) is 13.2. The van der Waals surface area contributed by atoms with Crippen molar-refractivity contribution in [1.29, 1.82) is 0 Å². The lowest BCUT2D eigenvalue weighted by atomic mass is 9.92. The molecule has 0 N–H and O–H groups in total. The van der Waals surface area contributed by atoms with Crippen LogP contribution in [-0.4, -0.2) is 59.2 Å². The molecule has 210 valence electrons. The molecule has 1 amide bonds. The monoisotopic (exact) mass is 538 g/mol. The maximum Gasteiger partial charge on any atom is 0.416 e. The van der Waals surface area contributed by atoms with Gasteiger partial charge in [-0.3, -0.25) is 14.5 Å². The topological polar surface area (TPSA) is 121 Å². The normalized spacial score (nSPS) is 14.3. The van der Waals surface area contributed by atoms with Crippen molar-refractivity contribution >= 4 is 23.7 Å². The molecule has 10 heteroatoms. The summed E-state index contributed by atoms with van der Waals surface area (Å²) in [7, 11) is 2.78. The first kappa shape index (κ1) is 29.7. The van der Waals surface area contributed by atoms with E-state index in [0.29, 0.717) is 30.8 Å². The summed E-state index contributed by atoms with van der Waals surface area (Å²) in [5.74, 6) is -0.287. The fraction of sp³-hybridized carbons (Fsp3) is 0.517. The summed E-state index contributed by atoms with van der Waals surface area (Å²) in [5, 5.41) is 0. The van der Waals surface area contributed by atoms with Crippen molar-refractivity contribution < 1.29 is 28.6 Å². The number of hydrogen-bond donors (Lipinski definition) is 0. The number of methoxy groups -OCH3 is 2. The van der Waals surface area contributed by atoms with Crippen molar-refractivity contribution in [3.05, 3.63) is 53.5 Å². The zero-order chi connectivity index (χ0) is 28.4. The molecule has 1 atom stereocenters. The molecule has 0 saturated heterocycles. The minimum absolute atomic E-state index is 0.0406. The Balaban J connectivity index is 1.63. The second kappa shape index (κ2) is 13.8. The molecule has 0 unspecified atom stereocenters. The van der Waals surface area contributed by atoms with Crippen LogP contribution in [-0.2, 0) is 31.9 Å². The Labute approximate surface area is 229 Å². The lowest BCUT2D eigenvalue weighted by Gasteiger charge is -2.27. The number of aromatic nitrogens is 3. The number of anilines is 1. The van der Waals surface area contributed by atoms with Crippen LogP contribution >= 0.6 is 0 Å². The molecule has 0 saturated carbocycles. The van der Waals surface area contributed by atoms with Gasteiger partial charge in [0.2, 0.25) is 0 Å². The number of aryl methyl sites for hydroxylation is 2. The second-order valence-electron chi connectivity index (χ2n) is 10.5. The molecule has 3 heterocycles. The lowest BCUT2D eigenvalue weighted by molar-refractivity contribution is -0.141. The lowest BCUT2D eigenvalue weighted by Crippen LogP contribution is -2.38. The summed E-state index contributed by atoms with van der Waals surface area (Å²) in [5.41, 5.74) is 1.94. The minimum Gasteiger partial charge on any atom is -0.469 e. The highest BCUT2D eigenvalue weighted by atomic mass is 16.6. The van der Waals surface area contributed by atoms with E-state index in [-0.39, 0.29) is 30.7 Å². The molecule has 0 aromatic carbocycles. The van der Waals surface area contributed by atoms with Gasteiger partial charge in [-0.1, -0.05) is 12.1 Å². The van der Waals surface area contributed by atoms with E-state index in [1.807, 2.05) is 32.9 Å². The zero-order valence-corrected chi connectivity index (χ0v) is 23.4. The molecule has 0 spiro atoms. The Bertz CT molecular complexity index is 1170. The standard InChI is InChI=1S/C29H38N4O6/c1-29(2,3)39-28(36)33-15-9-8-10-20-13-14-23(32-26(20)33)11-6-7-12-24(34)16-21(17-25(35)37-4)22-18-30-27(38-5)31-19-22/h7,12-14,18-19,21H,6,8-11,15-17H2,1-5H3/t21-/m0/s1. The van der Waals surface area contributed by atoms with Crippen molar-refractivity contribution in [2.45, 2.75) is 77.2 Å². The van der Waals surface area contributed by atoms with E-state index in [9.17, 15) is 14.4 Å². The van der Waals surface area contributed by atoms with Gasteiger partial charge in [-0.05, 0) is 76.1 Å². The molecule has 1 aliphatic rings. The molecule has 39 heavy (non-hydrogen) atoms. The number of carbonyl (C=O) groups excluding carboxylic acids is 3. The van der Waals surface area contributed by atoms with Gasteiger partial charge in [0, 0.05) is 37.0 Å². The van der Waals surface area contributed by atoms with Gasteiger partial charge in [-0.25, -0.2) is 19.7 Å². The molecule has 3 rings (SSSR count). The zero-order valence-electron chi connectivity index (χ0n) is 23.4.